The fourth-order valence-electron chi connectivity index (χ4n) is 0.861. The number of carbonyl (C=O) groups is 1. The largest absolute Gasteiger partial charge is 0.481 e. The molecule has 0 saturated heterocycles. The normalized spacial score (nSPS) is 11.3. The van der Waals surface area contributed by atoms with Crippen molar-refractivity contribution >= 4 is 17.3 Å². The van der Waals surface area contributed by atoms with Gasteiger partial charge in [-0.3, -0.25) is 4.79 Å². The van der Waals surface area contributed by atoms with Crippen molar-refractivity contribution in [2.24, 2.45) is 5.92 Å². The fourth-order valence-corrected chi connectivity index (χ4v) is 1.31. The zero-order chi connectivity index (χ0) is 10.8. The standard InChI is InChI=1S/C7H14O2.C4H4S/c1-3-4-5-6(2)7(8)9;1-2-4-5-3-1/h6H,3-5H2,1-2H3,(H,8,9);1-4H. The Labute approximate surface area is 89.6 Å². The Morgan fingerprint density at radius 3 is 2.29 bits per heavy atom. The van der Waals surface area contributed by atoms with Crippen molar-refractivity contribution in [2.45, 2.75) is 33.1 Å². The first kappa shape index (κ1) is 13.2. The molecule has 0 aliphatic rings. The maximum atomic E-state index is 10.2. The summed E-state index contributed by atoms with van der Waals surface area (Å²) in [5, 5.41) is 12.5. The molecule has 0 bridgehead atoms. The fraction of sp³-hybridized carbons (Fsp3) is 0.545. The van der Waals surface area contributed by atoms with Crippen LogP contribution in [0.2, 0.25) is 0 Å². The van der Waals surface area contributed by atoms with Crippen LogP contribution in [0, 0.1) is 5.92 Å². The van der Waals surface area contributed by atoms with Crippen LogP contribution in [-0.4, -0.2) is 11.1 Å². The highest BCUT2D eigenvalue weighted by atomic mass is 32.1. The molecule has 1 rings (SSSR count). The minimum absolute atomic E-state index is 0.162. The predicted molar refractivity (Wildman–Crippen MR) is 60.6 cm³/mol. The van der Waals surface area contributed by atoms with Gasteiger partial charge in [-0.2, -0.15) is 11.3 Å². The molecule has 0 amide bonds. The first-order valence-corrected chi connectivity index (χ1v) is 5.82. The summed E-state index contributed by atoms with van der Waals surface area (Å²) in [6.45, 7) is 3.81. The van der Waals surface area contributed by atoms with Crippen molar-refractivity contribution in [2.75, 3.05) is 0 Å². The van der Waals surface area contributed by atoms with Gasteiger partial charge < -0.3 is 5.11 Å². The number of carboxylic acids is 1. The Kier molecular flexibility index (Phi) is 8.24. The topological polar surface area (TPSA) is 37.3 Å². The average Bonchev–Trinajstić information content (AvgIpc) is 2.71. The zero-order valence-corrected chi connectivity index (χ0v) is 9.59. The molecule has 0 aliphatic carbocycles. The maximum absolute atomic E-state index is 10.2. The van der Waals surface area contributed by atoms with E-state index in [0.29, 0.717) is 0 Å². The number of carboxylic acid groups (broad SMARTS) is 1. The minimum atomic E-state index is -0.677. The highest BCUT2D eigenvalue weighted by molar-refractivity contribution is 7.07. The number of aliphatic carboxylic acids is 1. The second-order valence-corrected chi connectivity index (χ2v) is 3.99. The predicted octanol–water partition coefficient (Wildman–Crippen LogP) is 3.65. The Morgan fingerprint density at radius 2 is 2.00 bits per heavy atom. The van der Waals surface area contributed by atoms with Crippen LogP contribution in [-0.2, 0) is 4.79 Å². The van der Waals surface area contributed by atoms with Gasteiger partial charge in [0.15, 0.2) is 0 Å². The molecular weight excluding hydrogens is 196 g/mol. The zero-order valence-electron chi connectivity index (χ0n) is 8.77. The summed E-state index contributed by atoms with van der Waals surface area (Å²) in [6.07, 6.45) is 2.91. The molecule has 0 aliphatic heterocycles. The van der Waals surface area contributed by atoms with Gasteiger partial charge in [0, 0.05) is 0 Å². The second kappa shape index (κ2) is 8.75. The Morgan fingerprint density at radius 1 is 1.43 bits per heavy atom. The monoisotopic (exact) mass is 214 g/mol. The molecule has 0 fully saturated rings. The molecule has 0 radical (unpaired) electrons. The smallest absolute Gasteiger partial charge is 0.306 e. The SMILES string of the molecule is CCCCC(C)C(=O)O.c1ccsc1. The van der Waals surface area contributed by atoms with Gasteiger partial charge >= 0.3 is 5.97 Å². The van der Waals surface area contributed by atoms with Gasteiger partial charge in [0.25, 0.3) is 0 Å². The Bertz CT molecular complexity index is 202. The van der Waals surface area contributed by atoms with Crippen molar-refractivity contribution in [3.63, 3.8) is 0 Å². The van der Waals surface area contributed by atoms with Crippen LogP contribution in [0.15, 0.2) is 22.9 Å². The average molecular weight is 214 g/mol. The summed E-state index contributed by atoms with van der Waals surface area (Å²) in [6, 6.07) is 4.04. The molecule has 1 aromatic heterocycles. The van der Waals surface area contributed by atoms with Crippen LogP contribution in [0.5, 0.6) is 0 Å². The number of hydrogen-bond acceptors (Lipinski definition) is 2. The van der Waals surface area contributed by atoms with Gasteiger partial charge in [0.1, 0.15) is 0 Å². The van der Waals surface area contributed by atoms with E-state index in [9.17, 15) is 4.79 Å². The Balaban J connectivity index is 0.000000280. The third-order valence-corrected chi connectivity index (χ3v) is 2.47. The second-order valence-electron chi connectivity index (χ2n) is 3.17. The van der Waals surface area contributed by atoms with Gasteiger partial charge in [-0.15, -0.1) is 0 Å². The van der Waals surface area contributed by atoms with E-state index in [4.69, 9.17) is 5.11 Å². The summed E-state index contributed by atoms with van der Waals surface area (Å²) in [7, 11) is 0. The van der Waals surface area contributed by atoms with Gasteiger partial charge in [0.05, 0.1) is 5.92 Å². The molecule has 1 unspecified atom stereocenters. The lowest BCUT2D eigenvalue weighted by Crippen LogP contribution is -2.08. The molecule has 0 aromatic carbocycles. The van der Waals surface area contributed by atoms with Crippen LogP contribution in [0.25, 0.3) is 0 Å². The van der Waals surface area contributed by atoms with Crippen molar-refractivity contribution in [1.29, 1.82) is 0 Å². The van der Waals surface area contributed by atoms with Gasteiger partial charge in [0.2, 0.25) is 0 Å². The maximum Gasteiger partial charge on any atom is 0.306 e. The van der Waals surface area contributed by atoms with E-state index in [1.54, 1.807) is 18.3 Å². The molecule has 14 heavy (non-hydrogen) atoms. The lowest BCUT2D eigenvalue weighted by atomic mass is 10.1. The third-order valence-electron chi connectivity index (χ3n) is 1.84. The number of rotatable bonds is 4. The first-order chi connectivity index (χ1) is 6.68. The molecule has 80 valence electrons. The van der Waals surface area contributed by atoms with Gasteiger partial charge in [-0.25, -0.2) is 0 Å². The van der Waals surface area contributed by atoms with E-state index in [-0.39, 0.29) is 5.92 Å². The number of hydrogen-bond donors (Lipinski definition) is 1. The van der Waals surface area contributed by atoms with Crippen LogP contribution < -0.4 is 0 Å². The van der Waals surface area contributed by atoms with Gasteiger partial charge in [-0.05, 0) is 17.2 Å². The third kappa shape index (κ3) is 7.80. The molecular formula is C11H18O2S. The molecule has 1 aromatic rings. The van der Waals surface area contributed by atoms with Crippen LogP contribution in [0.1, 0.15) is 33.1 Å². The summed E-state index contributed by atoms with van der Waals surface area (Å²) >= 11 is 1.71. The highest BCUT2D eigenvalue weighted by Gasteiger charge is 2.08. The molecule has 2 nitrogen and oxygen atoms in total. The van der Waals surface area contributed by atoms with E-state index in [1.807, 2.05) is 22.9 Å². The van der Waals surface area contributed by atoms with E-state index < -0.39 is 5.97 Å². The quantitative estimate of drug-likeness (QED) is 0.830. The highest BCUT2D eigenvalue weighted by Crippen LogP contribution is 2.06. The number of unbranched alkanes of at least 4 members (excludes halogenated alkanes) is 1. The molecule has 1 atom stereocenters. The molecule has 0 spiro atoms. The van der Waals surface area contributed by atoms with E-state index in [0.717, 1.165) is 19.3 Å². The van der Waals surface area contributed by atoms with Crippen LogP contribution in [0.3, 0.4) is 0 Å². The summed E-state index contributed by atoms with van der Waals surface area (Å²) < 4.78 is 0. The molecule has 0 saturated carbocycles. The van der Waals surface area contributed by atoms with E-state index in [1.165, 1.54) is 0 Å². The van der Waals surface area contributed by atoms with Crippen molar-refractivity contribution in [3.8, 4) is 0 Å². The van der Waals surface area contributed by atoms with E-state index >= 15 is 0 Å². The van der Waals surface area contributed by atoms with E-state index in [2.05, 4.69) is 6.92 Å². The van der Waals surface area contributed by atoms with Crippen molar-refractivity contribution < 1.29 is 9.90 Å². The first-order valence-electron chi connectivity index (χ1n) is 4.88. The van der Waals surface area contributed by atoms with Crippen molar-refractivity contribution in [3.05, 3.63) is 22.9 Å². The van der Waals surface area contributed by atoms with Crippen molar-refractivity contribution in [1.82, 2.24) is 0 Å². The molecule has 1 heterocycles. The Hall–Kier alpha value is -0.830. The van der Waals surface area contributed by atoms with Gasteiger partial charge in [-0.1, -0.05) is 38.8 Å². The number of thiophene rings is 1. The minimum Gasteiger partial charge on any atom is -0.481 e. The van der Waals surface area contributed by atoms with Crippen LogP contribution >= 0.6 is 11.3 Å². The lowest BCUT2D eigenvalue weighted by Gasteiger charge is -2.02. The van der Waals surface area contributed by atoms with Crippen LogP contribution in [0.4, 0.5) is 0 Å². The lowest BCUT2D eigenvalue weighted by molar-refractivity contribution is -0.141. The summed E-state index contributed by atoms with van der Waals surface area (Å²) in [5.41, 5.74) is 0. The summed E-state index contributed by atoms with van der Waals surface area (Å²) in [4.78, 5) is 10.2. The summed E-state index contributed by atoms with van der Waals surface area (Å²) in [5.74, 6) is -0.839. The molecule has 3 heteroatoms. The molecule has 1 N–H and O–H groups in total.